The number of methoxy groups -OCH3 is 3. The van der Waals surface area contributed by atoms with Crippen molar-refractivity contribution < 1.29 is 14.2 Å². The number of fused-ring (bicyclic) bond motifs is 3. The van der Waals surface area contributed by atoms with Gasteiger partial charge in [-0.15, -0.1) is 0 Å². The fourth-order valence-electron chi connectivity index (χ4n) is 3.14. The molecule has 0 bridgehead atoms. The van der Waals surface area contributed by atoms with Gasteiger partial charge in [0.2, 0.25) is 5.75 Å². The van der Waals surface area contributed by atoms with Crippen molar-refractivity contribution in [2.24, 2.45) is 0 Å². The summed E-state index contributed by atoms with van der Waals surface area (Å²) in [4.78, 5) is 21.7. The molecule has 0 spiro atoms. The van der Waals surface area contributed by atoms with Crippen LogP contribution in [0.3, 0.4) is 0 Å². The van der Waals surface area contributed by atoms with E-state index in [1.165, 1.54) is 32.2 Å². The van der Waals surface area contributed by atoms with Gasteiger partial charge in [-0.25, -0.2) is 4.98 Å². The van der Waals surface area contributed by atoms with E-state index in [-0.39, 0.29) is 5.56 Å². The highest BCUT2D eigenvalue weighted by Crippen LogP contribution is 2.39. The van der Waals surface area contributed by atoms with Gasteiger partial charge >= 0.3 is 0 Å². The molecule has 4 aromatic rings. The van der Waals surface area contributed by atoms with Crippen molar-refractivity contribution >= 4 is 16.7 Å². The zero-order valence-corrected chi connectivity index (χ0v) is 15.3. The maximum atomic E-state index is 13.2. The maximum absolute atomic E-state index is 13.2. The van der Waals surface area contributed by atoms with E-state index in [2.05, 4.69) is 15.1 Å². The molecule has 3 heterocycles. The van der Waals surface area contributed by atoms with E-state index in [9.17, 15) is 4.79 Å². The Bertz CT molecular complexity index is 1200. The Labute approximate surface area is 153 Å². The summed E-state index contributed by atoms with van der Waals surface area (Å²) < 4.78 is 19.2. The molecule has 0 aliphatic carbocycles. The third-order valence-corrected chi connectivity index (χ3v) is 4.39. The van der Waals surface area contributed by atoms with Gasteiger partial charge in [-0.05, 0) is 13.0 Å². The first-order valence-electron chi connectivity index (χ1n) is 8.11. The summed E-state index contributed by atoms with van der Waals surface area (Å²) in [6.45, 7) is 1.78. The first-order valence-corrected chi connectivity index (χ1v) is 8.11. The minimum Gasteiger partial charge on any atom is -0.493 e. The van der Waals surface area contributed by atoms with Crippen LogP contribution in [0.15, 0.2) is 35.5 Å². The van der Waals surface area contributed by atoms with Crippen molar-refractivity contribution in [2.45, 2.75) is 6.92 Å². The zero-order chi connectivity index (χ0) is 19.1. The van der Waals surface area contributed by atoms with Crippen LogP contribution in [0.4, 0.5) is 0 Å². The van der Waals surface area contributed by atoms with E-state index in [0.29, 0.717) is 45.3 Å². The van der Waals surface area contributed by atoms with Crippen molar-refractivity contribution in [3.05, 3.63) is 46.8 Å². The fraction of sp³-hybridized carbons (Fsp3) is 0.222. The number of nitrogens with zero attached hydrogens (tertiary/aromatic N) is 5. The van der Waals surface area contributed by atoms with Crippen molar-refractivity contribution in [1.82, 2.24) is 24.1 Å². The van der Waals surface area contributed by atoms with Crippen LogP contribution in [0, 0.1) is 6.92 Å². The maximum Gasteiger partial charge on any atom is 0.266 e. The van der Waals surface area contributed by atoms with Gasteiger partial charge in [0.25, 0.3) is 11.3 Å². The minimum absolute atomic E-state index is 0.232. The molecule has 0 aliphatic rings. The summed E-state index contributed by atoms with van der Waals surface area (Å²) in [5, 5.41) is 4.61. The van der Waals surface area contributed by atoms with Crippen molar-refractivity contribution in [1.29, 1.82) is 0 Å². The number of pyridine rings is 1. The highest BCUT2D eigenvalue weighted by atomic mass is 16.5. The molecule has 0 N–H and O–H groups in total. The molecular formula is C18H17N5O4. The van der Waals surface area contributed by atoms with E-state index in [1.807, 2.05) is 0 Å². The lowest BCUT2D eigenvalue weighted by Crippen LogP contribution is -2.20. The van der Waals surface area contributed by atoms with Gasteiger partial charge in [0.05, 0.1) is 43.6 Å². The summed E-state index contributed by atoms with van der Waals surface area (Å²) in [7, 11) is 4.58. The Morgan fingerprint density at radius 2 is 1.74 bits per heavy atom. The van der Waals surface area contributed by atoms with Crippen molar-refractivity contribution in [3.8, 4) is 22.9 Å². The molecule has 9 heteroatoms. The quantitative estimate of drug-likeness (QED) is 0.543. The standard InChI is InChI=1S/C18H17N5O4/c1-10-15-12(23-18(21-10)19-9-20-23)5-6-22(17(15)24)11-7-13(25-2)16(27-4)14(8-11)26-3/h5-9H,1-4H3. The van der Waals surface area contributed by atoms with Gasteiger partial charge in [-0.1, -0.05) is 0 Å². The molecule has 0 atom stereocenters. The Hall–Kier alpha value is -3.62. The molecule has 0 saturated heterocycles. The van der Waals surface area contributed by atoms with Gasteiger partial charge in [0.15, 0.2) is 11.5 Å². The summed E-state index contributed by atoms with van der Waals surface area (Å²) in [5.74, 6) is 1.82. The topological polar surface area (TPSA) is 92.8 Å². The average molecular weight is 367 g/mol. The van der Waals surface area contributed by atoms with Crippen LogP contribution in [-0.2, 0) is 0 Å². The molecule has 9 nitrogen and oxygen atoms in total. The number of aromatic nitrogens is 5. The van der Waals surface area contributed by atoms with E-state index < -0.39 is 0 Å². The Morgan fingerprint density at radius 3 is 2.37 bits per heavy atom. The monoisotopic (exact) mass is 367 g/mol. The number of aryl methyl sites for hydroxylation is 1. The molecule has 27 heavy (non-hydrogen) atoms. The second-order valence-corrected chi connectivity index (χ2v) is 5.80. The molecule has 138 valence electrons. The Balaban J connectivity index is 2.03. The number of rotatable bonds is 4. The molecule has 0 radical (unpaired) electrons. The molecule has 4 rings (SSSR count). The van der Waals surface area contributed by atoms with Gasteiger partial charge in [0.1, 0.15) is 6.33 Å². The predicted molar refractivity (Wildman–Crippen MR) is 98.3 cm³/mol. The lowest BCUT2D eigenvalue weighted by molar-refractivity contribution is 0.324. The van der Waals surface area contributed by atoms with Crippen LogP contribution in [0.25, 0.3) is 22.4 Å². The first-order chi connectivity index (χ1) is 13.1. The van der Waals surface area contributed by atoms with Crippen LogP contribution < -0.4 is 19.8 Å². The summed E-state index contributed by atoms with van der Waals surface area (Å²) >= 11 is 0. The second kappa shape index (κ2) is 6.27. The van der Waals surface area contributed by atoms with E-state index >= 15 is 0 Å². The largest absolute Gasteiger partial charge is 0.493 e. The van der Waals surface area contributed by atoms with Crippen molar-refractivity contribution in [2.75, 3.05) is 21.3 Å². The predicted octanol–water partition coefficient (Wildman–Crippen LogP) is 1.76. The molecule has 0 amide bonds. The van der Waals surface area contributed by atoms with Crippen LogP contribution >= 0.6 is 0 Å². The van der Waals surface area contributed by atoms with E-state index in [4.69, 9.17) is 14.2 Å². The number of benzene rings is 1. The van der Waals surface area contributed by atoms with Crippen LogP contribution in [0.1, 0.15) is 5.69 Å². The normalized spacial score (nSPS) is 11.1. The molecule has 0 aliphatic heterocycles. The van der Waals surface area contributed by atoms with Crippen LogP contribution in [-0.4, -0.2) is 45.5 Å². The molecule has 0 fully saturated rings. The number of hydrogen-bond acceptors (Lipinski definition) is 7. The highest BCUT2D eigenvalue weighted by molar-refractivity contribution is 5.82. The first kappa shape index (κ1) is 16.8. The zero-order valence-electron chi connectivity index (χ0n) is 15.3. The summed E-state index contributed by atoms with van der Waals surface area (Å²) in [5.41, 5.74) is 1.57. The summed E-state index contributed by atoms with van der Waals surface area (Å²) in [6, 6.07) is 5.23. The minimum atomic E-state index is -0.232. The smallest absolute Gasteiger partial charge is 0.266 e. The fourth-order valence-corrected chi connectivity index (χ4v) is 3.14. The van der Waals surface area contributed by atoms with E-state index in [1.54, 1.807) is 35.8 Å². The Morgan fingerprint density at radius 1 is 1.04 bits per heavy atom. The highest BCUT2D eigenvalue weighted by Gasteiger charge is 2.17. The average Bonchev–Trinajstić information content (AvgIpc) is 3.15. The number of ether oxygens (including phenoxy) is 3. The lowest BCUT2D eigenvalue weighted by Gasteiger charge is -2.15. The Kier molecular flexibility index (Phi) is 3.91. The SMILES string of the molecule is COc1cc(-n2ccc3c(c(C)nc4ncnn43)c2=O)cc(OC)c1OC. The van der Waals surface area contributed by atoms with Gasteiger partial charge in [0, 0.05) is 18.3 Å². The van der Waals surface area contributed by atoms with Crippen LogP contribution in [0.2, 0.25) is 0 Å². The molecule has 1 aromatic carbocycles. The number of hydrogen-bond donors (Lipinski definition) is 0. The molecule has 0 saturated carbocycles. The third kappa shape index (κ3) is 2.47. The molecule has 3 aromatic heterocycles. The second-order valence-electron chi connectivity index (χ2n) is 5.80. The molecule has 0 unspecified atom stereocenters. The summed E-state index contributed by atoms with van der Waals surface area (Å²) in [6.07, 6.45) is 3.08. The molecular weight excluding hydrogens is 350 g/mol. The van der Waals surface area contributed by atoms with Gasteiger partial charge < -0.3 is 14.2 Å². The van der Waals surface area contributed by atoms with Gasteiger partial charge in [-0.2, -0.15) is 14.6 Å². The van der Waals surface area contributed by atoms with Crippen LogP contribution in [0.5, 0.6) is 17.2 Å². The third-order valence-electron chi connectivity index (χ3n) is 4.39. The lowest BCUT2D eigenvalue weighted by atomic mass is 10.2. The van der Waals surface area contributed by atoms with Crippen molar-refractivity contribution in [3.63, 3.8) is 0 Å². The van der Waals surface area contributed by atoms with Gasteiger partial charge in [-0.3, -0.25) is 9.36 Å². The van der Waals surface area contributed by atoms with E-state index in [0.717, 1.165) is 0 Å².